The van der Waals surface area contributed by atoms with Crippen LogP contribution in [0.4, 0.5) is 11.5 Å². The Bertz CT molecular complexity index is 725. The highest BCUT2D eigenvalue weighted by atomic mass is 16.2. The van der Waals surface area contributed by atoms with Gasteiger partial charge >= 0.3 is 11.8 Å². The predicted octanol–water partition coefficient (Wildman–Crippen LogP) is 0.880. The van der Waals surface area contributed by atoms with Gasteiger partial charge in [-0.2, -0.15) is 5.10 Å². The van der Waals surface area contributed by atoms with Gasteiger partial charge in [0.15, 0.2) is 0 Å². The van der Waals surface area contributed by atoms with Crippen LogP contribution in [-0.4, -0.2) is 44.5 Å². The maximum Gasteiger partial charge on any atom is 0.314 e. The van der Waals surface area contributed by atoms with Crippen molar-refractivity contribution in [3.8, 4) is 0 Å². The molecule has 1 saturated heterocycles. The smallest absolute Gasteiger partial charge is 0.314 e. The van der Waals surface area contributed by atoms with Crippen molar-refractivity contribution in [1.29, 1.82) is 0 Å². The number of piperidine rings is 1. The first-order valence-corrected chi connectivity index (χ1v) is 7.27. The predicted molar refractivity (Wildman–Crippen MR) is 82.0 cm³/mol. The molecule has 0 radical (unpaired) electrons. The molecule has 0 aliphatic carbocycles. The highest BCUT2D eigenvalue weighted by Crippen LogP contribution is 2.24. The summed E-state index contributed by atoms with van der Waals surface area (Å²) >= 11 is 0. The van der Waals surface area contributed by atoms with E-state index in [4.69, 9.17) is 5.73 Å². The summed E-state index contributed by atoms with van der Waals surface area (Å²) in [6.45, 7) is 2.58. The number of carbonyl (C=O) groups is 2. The largest absolute Gasteiger partial charge is 0.383 e. The molecule has 8 nitrogen and oxygen atoms in total. The van der Waals surface area contributed by atoms with E-state index in [0.29, 0.717) is 29.0 Å². The number of carbonyl (C=O) groups excluding carboxylic acids is 2. The van der Waals surface area contributed by atoms with Gasteiger partial charge in [-0.3, -0.25) is 14.7 Å². The second kappa shape index (κ2) is 5.63. The number of nitrogens with zero attached hydrogens (tertiary/aromatic N) is 3. The Labute approximate surface area is 127 Å². The fourth-order valence-electron chi connectivity index (χ4n) is 2.75. The Hall–Kier alpha value is -2.64. The van der Waals surface area contributed by atoms with E-state index in [0.717, 1.165) is 19.3 Å². The zero-order valence-corrected chi connectivity index (χ0v) is 12.3. The summed E-state index contributed by atoms with van der Waals surface area (Å²) in [4.78, 5) is 30.1. The quantitative estimate of drug-likeness (QED) is 0.676. The summed E-state index contributed by atoms with van der Waals surface area (Å²) in [6.07, 6.45) is 5.89. The molecule has 22 heavy (non-hydrogen) atoms. The molecular formula is C14H18N6O2. The lowest BCUT2D eigenvalue weighted by Gasteiger charge is -2.32. The maximum absolute atomic E-state index is 12.3. The minimum atomic E-state index is -0.670. The molecule has 0 bridgehead atoms. The molecule has 0 aromatic carbocycles. The van der Waals surface area contributed by atoms with E-state index in [-0.39, 0.29) is 6.04 Å². The molecule has 4 N–H and O–H groups in total. The number of anilines is 2. The third-order valence-corrected chi connectivity index (χ3v) is 4.02. The number of amides is 2. The fraction of sp³-hybridized carbons (Fsp3) is 0.429. The first-order valence-electron chi connectivity index (χ1n) is 7.27. The number of likely N-dealkylation sites (tertiary alicyclic amines) is 1. The molecule has 2 aromatic heterocycles. The first kappa shape index (κ1) is 14.3. The highest BCUT2D eigenvalue weighted by Gasteiger charge is 2.28. The third kappa shape index (κ3) is 2.47. The lowest BCUT2D eigenvalue weighted by molar-refractivity contribution is -0.145. The second-order valence-electron chi connectivity index (χ2n) is 5.51. The average molecular weight is 302 g/mol. The van der Waals surface area contributed by atoms with Gasteiger partial charge in [-0.05, 0) is 26.2 Å². The Kier molecular flexibility index (Phi) is 3.66. The minimum Gasteiger partial charge on any atom is -0.383 e. The van der Waals surface area contributed by atoms with Crippen molar-refractivity contribution < 1.29 is 9.59 Å². The summed E-state index contributed by atoms with van der Waals surface area (Å²) < 4.78 is 0. The van der Waals surface area contributed by atoms with Crippen LogP contribution in [0.1, 0.15) is 26.2 Å². The van der Waals surface area contributed by atoms with Gasteiger partial charge in [0.05, 0.1) is 29.0 Å². The molecule has 0 saturated carbocycles. The van der Waals surface area contributed by atoms with Crippen LogP contribution in [0.5, 0.6) is 0 Å². The molecule has 1 aliphatic rings. The van der Waals surface area contributed by atoms with Gasteiger partial charge in [0.25, 0.3) is 0 Å². The average Bonchev–Trinajstić information content (AvgIpc) is 3.00. The molecule has 8 heteroatoms. The number of aromatic nitrogens is 3. The minimum absolute atomic E-state index is 0.0868. The van der Waals surface area contributed by atoms with Crippen LogP contribution < -0.4 is 11.1 Å². The number of hydrogen-bond acceptors (Lipinski definition) is 5. The lowest BCUT2D eigenvalue weighted by Crippen LogP contribution is -2.47. The number of nitrogens with one attached hydrogen (secondary N) is 2. The van der Waals surface area contributed by atoms with Gasteiger partial charge in [-0.1, -0.05) is 0 Å². The Balaban J connectivity index is 1.79. The number of nitrogens with two attached hydrogens (primary N) is 1. The van der Waals surface area contributed by atoms with E-state index in [2.05, 4.69) is 20.5 Å². The zero-order valence-electron chi connectivity index (χ0n) is 12.3. The van der Waals surface area contributed by atoms with Gasteiger partial charge in [0, 0.05) is 12.6 Å². The van der Waals surface area contributed by atoms with Crippen LogP contribution in [0.25, 0.3) is 10.9 Å². The van der Waals surface area contributed by atoms with Crippen LogP contribution in [0.2, 0.25) is 0 Å². The topological polar surface area (TPSA) is 117 Å². The molecule has 0 spiro atoms. The number of fused-ring (bicyclic) bond motifs is 1. The van der Waals surface area contributed by atoms with Crippen LogP contribution in [0.3, 0.4) is 0 Å². The number of pyridine rings is 1. The summed E-state index contributed by atoms with van der Waals surface area (Å²) in [7, 11) is 0. The maximum atomic E-state index is 12.3. The van der Waals surface area contributed by atoms with E-state index >= 15 is 0 Å². The van der Waals surface area contributed by atoms with E-state index < -0.39 is 11.8 Å². The summed E-state index contributed by atoms with van der Waals surface area (Å²) in [5.74, 6) is -0.870. The number of rotatable bonds is 1. The molecule has 2 aromatic rings. The van der Waals surface area contributed by atoms with Crippen LogP contribution in [-0.2, 0) is 9.59 Å². The zero-order chi connectivity index (χ0) is 15.7. The van der Waals surface area contributed by atoms with Crippen molar-refractivity contribution in [2.75, 3.05) is 17.6 Å². The highest BCUT2D eigenvalue weighted by molar-refractivity contribution is 6.40. The van der Waals surface area contributed by atoms with E-state index in [1.165, 1.54) is 12.4 Å². The molecule has 1 fully saturated rings. The van der Waals surface area contributed by atoms with Gasteiger partial charge in [-0.25, -0.2) is 4.98 Å². The molecule has 0 unspecified atom stereocenters. The van der Waals surface area contributed by atoms with Gasteiger partial charge < -0.3 is 16.0 Å². The van der Waals surface area contributed by atoms with E-state index in [1.807, 2.05) is 6.92 Å². The second-order valence-corrected chi connectivity index (χ2v) is 5.51. The number of nitrogen functional groups attached to an aromatic ring is 1. The summed E-state index contributed by atoms with van der Waals surface area (Å²) in [6, 6.07) is 0.0868. The van der Waals surface area contributed by atoms with Gasteiger partial charge in [0.2, 0.25) is 0 Å². The van der Waals surface area contributed by atoms with Crippen LogP contribution >= 0.6 is 0 Å². The number of H-pyrrole nitrogens is 1. The van der Waals surface area contributed by atoms with Gasteiger partial charge in [0.1, 0.15) is 5.82 Å². The molecule has 2 amide bonds. The Morgan fingerprint density at radius 3 is 3.00 bits per heavy atom. The number of hydrogen-bond donors (Lipinski definition) is 3. The Morgan fingerprint density at radius 2 is 2.23 bits per heavy atom. The normalized spacial score (nSPS) is 18.4. The summed E-state index contributed by atoms with van der Waals surface area (Å²) in [5, 5.41) is 9.84. The fourth-order valence-corrected chi connectivity index (χ4v) is 2.75. The van der Waals surface area contributed by atoms with Crippen molar-refractivity contribution in [2.24, 2.45) is 0 Å². The van der Waals surface area contributed by atoms with Crippen LogP contribution in [0.15, 0.2) is 12.4 Å². The Morgan fingerprint density at radius 1 is 1.41 bits per heavy atom. The molecule has 3 heterocycles. The van der Waals surface area contributed by atoms with E-state index in [9.17, 15) is 9.59 Å². The SMILES string of the molecule is C[C@@H]1CCCCN1C(=O)C(=O)Nc1cnc(N)c2cn[nH]c12. The standard InChI is InChI=1S/C14H18N6O2/c1-8-4-2-3-5-20(8)14(22)13(21)18-10-7-16-12(15)9-6-17-19-11(9)10/h6-8H,2-5H2,1H3,(H2,15,16)(H,17,19)(H,18,21)/t8-/m1/s1. The molecular weight excluding hydrogens is 284 g/mol. The van der Waals surface area contributed by atoms with Crippen molar-refractivity contribution in [3.05, 3.63) is 12.4 Å². The van der Waals surface area contributed by atoms with Crippen molar-refractivity contribution in [2.45, 2.75) is 32.2 Å². The molecule has 1 aliphatic heterocycles. The summed E-state index contributed by atoms with van der Waals surface area (Å²) in [5.41, 5.74) is 6.69. The van der Waals surface area contributed by atoms with Crippen LogP contribution in [0, 0.1) is 0 Å². The van der Waals surface area contributed by atoms with E-state index in [1.54, 1.807) is 4.90 Å². The van der Waals surface area contributed by atoms with Crippen molar-refractivity contribution >= 4 is 34.2 Å². The molecule has 3 rings (SSSR count). The molecule has 1 atom stereocenters. The first-order chi connectivity index (χ1) is 10.6. The van der Waals surface area contributed by atoms with Crippen molar-refractivity contribution in [1.82, 2.24) is 20.1 Å². The molecule has 116 valence electrons. The number of aromatic amines is 1. The monoisotopic (exact) mass is 302 g/mol. The third-order valence-electron chi connectivity index (χ3n) is 4.02. The van der Waals surface area contributed by atoms with Crippen molar-refractivity contribution in [3.63, 3.8) is 0 Å². The van der Waals surface area contributed by atoms with Gasteiger partial charge in [-0.15, -0.1) is 0 Å². The lowest BCUT2D eigenvalue weighted by atomic mass is 10.0.